The van der Waals surface area contributed by atoms with Gasteiger partial charge in [0.15, 0.2) is 5.17 Å². The minimum Gasteiger partial charge on any atom is -0.303 e. The standard InChI is InChI=1S/C18H16ClN3OS/c1-12-5-4-6-13(9-12)10-16-17(23)21-18(24-16)22-20-11-14-7-2-3-8-15(14)19/h2-9,11,16H,10H2,1H3,(H,21,22,23)/b20-11-/t16-/m0/s1. The zero-order chi connectivity index (χ0) is 16.9. The van der Waals surface area contributed by atoms with Crippen molar-refractivity contribution in [1.82, 2.24) is 5.32 Å². The lowest BCUT2D eigenvalue weighted by Crippen LogP contribution is -2.25. The van der Waals surface area contributed by atoms with E-state index in [4.69, 9.17) is 11.6 Å². The van der Waals surface area contributed by atoms with Crippen LogP contribution in [0.3, 0.4) is 0 Å². The van der Waals surface area contributed by atoms with Gasteiger partial charge in [0, 0.05) is 10.6 Å². The number of rotatable bonds is 4. The second-order valence-electron chi connectivity index (χ2n) is 5.46. The Labute approximate surface area is 150 Å². The molecule has 1 fully saturated rings. The number of carbonyl (C=O) groups is 1. The van der Waals surface area contributed by atoms with Crippen molar-refractivity contribution in [2.75, 3.05) is 0 Å². The van der Waals surface area contributed by atoms with Gasteiger partial charge in [-0.2, -0.15) is 5.10 Å². The second kappa shape index (κ2) is 7.64. The molecule has 1 N–H and O–H groups in total. The summed E-state index contributed by atoms with van der Waals surface area (Å²) < 4.78 is 0. The third-order valence-electron chi connectivity index (χ3n) is 3.53. The Kier molecular flexibility index (Phi) is 5.33. The summed E-state index contributed by atoms with van der Waals surface area (Å²) in [4.78, 5) is 12.1. The largest absolute Gasteiger partial charge is 0.303 e. The molecule has 4 nitrogen and oxygen atoms in total. The van der Waals surface area contributed by atoms with E-state index in [0.717, 1.165) is 11.1 Å². The van der Waals surface area contributed by atoms with E-state index in [-0.39, 0.29) is 11.2 Å². The van der Waals surface area contributed by atoms with Crippen LogP contribution < -0.4 is 5.32 Å². The van der Waals surface area contributed by atoms with Crippen molar-refractivity contribution in [2.24, 2.45) is 10.2 Å². The molecule has 6 heteroatoms. The molecule has 24 heavy (non-hydrogen) atoms. The lowest BCUT2D eigenvalue weighted by Gasteiger charge is -2.05. The van der Waals surface area contributed by atoms with Crippen molar-refractivity contribution in [1.29, 1.82) is 0 Å². The van der Waals surface area contributed by atoms with Gasteiger partial charge in [-0.05, 0) is 25.0 Å². The molecule has 2 aromatic rings. The third kappa shape index (κ3) is 4.24. The predicted octanol–water partition coefficient (Wildman–Crippen LogP) is 3.81. The first kappa shape index (κ1) is 16.7. The summed E-state index contributed by atoms with van der Waals surface area (Å²) in [6.45, 7) is 2.04. The Bertz CT molecular complexity index is 819. The Morgan fingerprint density at radius 2 is 2.08 bits per heavy atom. The van der Waals surface area contributed by atoms with Gasteiger partial charge in [0.1, 0.15) is 0 Å². The fourth-order valence-electron chi connectivity index (χ4n) is 2.36. The molecule has 1 heterocycles. The van der Waals surface area contributed by atoms with Crippen LogP contribution in [0.1, 0.15) is 16.7 Å². The van der Waals surface area contributed by atoms with Gasteiger partial charge >= 0.3 is 0 Å². The van der Waals surface area contributed by atoms with Crippen LogP contribution in [-0.2, 0) is 11.2 Å². The molecule has 0 unspecified atom stereocenters. The molecule has 0 aromatic heterocycles. The highest BCUT2D eigenvalue weighted by molar-refractivity contribution is 8.15. The van der Waals surface area contributed by atoms with E-state index in [1.54, 1.807) is 12.3 Å². The molecule has 0 spiro atoms. The minimum atomic E-state index is -0.180. The van der Waals surface area contributed by atoms with Gasteiger partial charge in [0.25, 0.3) is 0 Å². The maximum atomic E-state index is 12.1. The highest BCUT2D eigenvalue weighted by Crippen LogP contribution is 2.23. The van der Waals surface area contributed by atoms with Gasteiger partial charge in [-0.3, -0.25) is 4.79 Å². The topological polar surface area (TPSA) is 53.8 Å². The molecule has 1 saturated heterocycles. The fourth-order valence-corrected chi connectivity index (χ4v) is 3.51. The van der Waals surface area contributed by atoms with Crippen molar-refractivity contribution in [3.8, 4) is 0 Å². The maximum Gasteiger partial charge on any atom is 0.239 e. The summed E-state index contributed by atoms with van der Waals surface area (Å²) in [5, 5.41) is 11.8. The molecule has 1 aliphatic heterocycles. The molecule has 0 saturated carbocycles. The van der Waals surface area contributed by atoms with Crippen LogP contribution in [0.25, 0.3) is 0 Å². The first-order valence-corrected chi connectivity index (χ1v) is 8.76. The normalized spacial score (nSPS) is 19.2. The van der Waals surface area contributed by atoms with E-state index >= 15 is 0 Å². The quantitative estimate of drug-likeness (QED) is 0.668. The number of carbonyl (C=O) groups excluding carboxylic acids is 1. The van der Waals surface area contributed by atoms with E-state index in [9.17, 15) is 4.79 Å². The SMILES string of the molecule is Cc1cccc(C[C@@H]2S/C(=N\N=C/c3ccccc3Cl)NC2=O)c1. The van der Waals surface area contributed by atoms with Crippen molar-refractivity contribution >= 4 is 40.7 Å². The highest BCUT2D eigenvalue weighted by Gasteiger charge is 2.30. The summed E-state index contributed by atoms with van der Waals surface area (Å²) in [5.41, 5.74) is 3.12. The molecule has 0 bridgehead atoms. The van der Waals surface area contributed by atoms with Crippen LogP contribution in [-0.4, -0.2) is 22.5 Å². The first-order valence-electron chi connectivity index (χ1n) is 7.50. The van der Waals surface area contributed by atoms with Gasteiger partial charge in [-0.15, -0.1) is 5.10 Å². The van der Waals surface area contributed by atoms with Crippen molar-refractivity contribution in [2.45, 2.75) is 18.6 Å². The molecule has 1 aliphatic rings. The monoisotopic (exact) mass is 357 g/mol. The van der Waals surface area contributed by atoms with Crippen LogP contribution >= 0.6 is 23.4 Å². The minimum absolute atomic E-state index is 0.0341. The van der Waals surface area contributed by atoms with Crippen LogP contribution in [0, 0.1) is 6.92 Å². The zero-order valence-corrected chi connectivity index (χ0v) is 14.6. The highest BCUT2D eigenvalue weighted by atomic mass is 35.5. The number of benzene rings is 2. The smallest absolute Gasteiger partial charge is 0.239 e. The van der Waals surface area contributed by atoms with Crippen molar-refractivity contribution < 1.29 is 4.79 Å². The summed E-state index contributed by atoms with van der Waals surface area (Å²) in [6.07, 6.45) is 2.25. The molecule has 1 atom stereocenters. The second-order valence-corrected chi connectivity index (χ2v) is 7.06. The lowest BCUT2D eigenvalue weighted by atomic mass is 10.1. The first-order chi connectivity index (χ1) is 11.6. The van der Waals surface area contributed by atoms with Gasteiger partial charge < -0.3 is 5.32 Å². The molecule has 3 rings (SSSR count). The number of thioether (sulfide) groups is 1. The number of halogens is 1. The summed E-state index contributed by atoms with van der Waals surface area (Å²) in [6, 6.07) is 15.6. The lowest BCUT2D eigenvalue weighted by molar-refractivity contribution is -0.118. The number of hydrogen-bond donors (Lipinski definition) is 1. The van der Waals surface area contributed by atoms with E-state index in [1.165, 1.54) is 17.3 Å². The van der Waals surface area contributed by atoms with Gasteiger partial charge in [-0.25, -0.2) is 0 Å². The number of amides is 1. The summed E-state index contributed by atoms with van der Waals surface area (Å²) in [7, 11) is 0. The van der Waals surface area contributed by atoms with E-state index in [2.05, 4.69) is 21.6 Å². The Morgan fingerprint density at radius 1 is 1.25 bits per heavy atom. The number of amidine groups is 1. The molecule has 0 aliphatic carbocycles. The molecule has 122 valence electrons. The molecule has 0 radical (unpaired) electrons. The van der Waals surface area contributed by atoms with Gasteiger partial charge in [-0.1, -0.05) is 71.4 Å². The van der Waals surface area contributed by atoms with Crippen LogP contribution in [0.15, 0.2) is 58.7 Å². The molecule has 1 amide bonds. The van der Waals surface area contributed by atoms with Crippen LogP contribution in [0.2, 0.25) is 5.02 Å². The van der Waals surface area contributed by atoms with E-state index in [0.29, 0.717) is 16.6 Å². The van der Waals surface area contributed by atoms with Crippen molar-refractivity contribution in [3.05, 3.63) is 70.2 Å². The number of nitrogens with zero attached hydrogens (tertiary/aromatic N) is 2. The Balaban J connectivity index is 1.65. The fraction of sp³-hybridized carbons (Fsp3) is 0.167. The molecule has 2 aromatic carbocycles. The predicted molar refractivity (Wildman–Crippen MR) is 101 cm³/mol. The molecular formula is C18H16ClN3OS. The number of aryl methyl sites for hydroxylation is 1. The summed E-state index contributed by atoms with van der Waals surface area (Å²) >= 11 is 7.46. The van der Waals surface area contributed by atoms with Gasteiger partial charge in [0.2, 0.25) is 5.91 Å². The maximum absolute atomic E-state index is 12.1. The average Bonchev–Trinajstić information content (AvgIpc) is 2.89. The van der Waals surface area contributed by atoms with Gasteiger partial charge in [0.05, 0.1) is 11.5 Å². The average molecular weight is 358 g/mol. The zero-order valence-electron chi connectivity index (χ0n) is 13.1. The third-order valence-corrected chi connectivity index (χ3v) is 4.95. The van der Waals surface area contributed by atoms with E-state index in [1.807, 2.05) is 43.3 Å². The summed E-state index contributed by atoms with van der Waals surface area (Å²) in [5.74, 6) is -0.0341. The Hall–Kier alpha value is -2.11. The Morgan fingerprint density at radius 3 is 2.88 bits per heavy atom. The molecular weight excluding hydrogens is 342 g/mol. The number of hydrogen-bond acceptors (Lipinski definition) is 4. The van der Waals surface area contributed by atoms with Crippen molar-refractivity contribution in [3.63, 3.8) is 0 Å². The van der Waals surface area contributed by atoms with E-state index < -0.39 is 0 Å². The van der Waals surface area contributed by atoms with Crippen LogP contribution in [0.5, 0.6) is 0 Å². The number of nitrogens with one attached hydrogen (secondary N) is 1. The van der Waals surface area contributed by atoms with Crippen LogP contribution in [0.4, 0.5) is 0 Å².